The highest BCUT2D eigenvalue weighted by Crippen LogP contribution is 2.23. The average molecular weight is 325 g/mol. The molecule has 0 aromatic heterocycles. The lowest BCUT2D eigenvalue weighted by Crippen LogP contribution is -2.34. The van der Waals surface area contributed by atoms with Crippen molar-refractivity contribution < 1.29 is 9.47 Å². The van der Waals surface area contributed by atoms with Crippen molar-refractivity contribution in [2.24, 2.45) is 0 Å². The number of aryl methyl sites for hydroxylation is 1. The summed E-state index contributed by atoms with van der Waals surface area (Å²) in [5.41, 5.74) is 3.14. The molecule has 1 saturated heterocycles. The molecule has 1 aliphatic rings. The van der Waals surface area contributed by atoms with E-state index in [1.807, 2.05) is 31.2 Å². The molecule has 0 radical (unpaired) electrons. The number of benzene rings is 1. The minimum Gasteiger partial charge on any atom is -0.383 e. The van der Waals surface area contributed by atoms with Crippen LogP contribution in [0.2, 0.25) is 0 Å². The van der Waals surface area contributed by atoms with Crippen LogP contribution in [0.15, 0.2) is 23.8 Å². The van der Waals surface area contributed by atoms with E-state index >= 15 is 0 Å². The van der Waals surface area contributed by atoms with Gasteiger partial charge in [-0.3, -0.25) is 0 Å². The Hall–Kier alpha value is -2.34. The third kappa shape index (κ3) is 4.83. The van der Waals surface area contributed by atoms with E-state index in [1.165, 1.54) is 0 Å². The molecule has 1 fully saturated rings. The summed E-state index contributed by atoms with van der Waals surface area (Å²) in [4.78, 5) is 2.27. The number of nitrogens with zero attached hydrogens (tertiary/aromatic N) is 3. The van der Waals surface area contributed by atoms with Crippen molar-refractivity contribution in [2.45, 2.75) is 25.9 Å². The van der Waals surface area contributed by atoms with Crippen LogP contribution in [0.25, 0.3) is 6.08 Å². The fourth-order valence-electron chi connectivity index (χ4n) is 2.82. The van der Waals surface area contributed by atoms with E-state index in [0.717, 1.165) is 49.4 Å². The molecule has 5 nitrogen and oxygen atoms in total. The molecule has 5 heteroatoms. The molecule has 1 unspecified atom stereocenters. The van der Waals surface area contributed by atoms with Gasteiger partial charge < -0.3 is 14.4 Å². The largest absolute Gasteiger partial charge is 0.383 e. The maximum absolute atomic E-state index is 8.90. The minimum absolute atomic E-state index is 0.112. The highest BCUT2D eigenvalue weighted by atomic mass is 16.5. The van der Waals surface area contributed by atoms with Crippen LogP contribution >= 0.6 is 0 Å². The van der Waals surface area contributed by atoms with Crippen LogP contribution in [0.4, 0.5) is 5.69 Å². The molecule has 1 aliphatic heterocycles. The molecule has 0 spiro atoms. The van der Waals surface area contributed by atoms with Crippen molar-refractivity contribution in [2.75, 3.05) is 38.3 Å². The van der Waals surface area contributed by atoms with Crippen LogP contribution in [0.3, 0.4) is 0 Å². The second kappa shape index (κ2) is 9.08. The molecule has 126 valence electrons. The van der Waals surface area contributed by atoms with Gasteiger partial charge in [0.2, 0.25) is 0 Å². The van der Waals surface area contributed by atoms with E-state index in [9.17, 15) is 0 Å². The Labute approximate surface area is 143 Å². The standard InChI is InChI=1S/C19H23N3O2/c1-15-10-18(6-5-17(15)11-16(12-20)13-21)22(7-9-23-2)14-19-4-3-8-24-19/h5-6,10-11,19H,3-4,7-9,14H2,1-2H3. The smallest absolute Gasteiger partial charge is 0.130 e. The summed E-state index contributed by atoms with van der Waals surface area (Å²) in [6, 6.07) is 9.86. The first-order chi connectivity index (χ1) is 11.7. The summed E-state index contributed by atoms with van der Waals surface area (Å²) in [7, 11) is 1.70. The summed E-state index contributed by atoms with van der Waals surface area (Å²) in [6.45, 7) is 5.13. The van der Waals surface area contributed by atoms with Crippen molar-refractivity contribution in [3.63, 3.8) is 0 Å². The highest BCUT2D eigenvalue weighted by Gasteiger charge is 2.19. The number of anilines is 1. The molecule has 0 amide bonds. The predicted octanol–water partition coefficient (Wildman–Crippen LogP) is 3.06. The van der Waals surface area contributed by atoms with Crippen molar-refractivity contribution in [3.05, 3.63) is 34.9 Å². The lowest BCUT2D eigenvalue weighted by molar-refractivity contribution is 0.113. The SMILES string of the molecule is COCCN(CC1CCCO1)c1ccc(C=C(C#N)C#N)c(C)c1. The first-order valence-electron chi connectivity index (χ1n) is 8.16. The van der Waals surface area contributed by atoms with Crippen molar-refractivity contribution in [1.29, 1.82) is 10.5 Å². The van der Waals surface area contributed by atoms with Gasteiger partial charge >= 0.3 is 0 Å². The lowest BCUT2D eigenvalue weighted by Gasteiger charge is -2.28. The first kappa shape index (κ1) is 18.0. The fourth-order valence-corrected chi connectivity index (χ4v) is 2.82. The third-order valence-electron chi connectivity index (χ3n) is 4.17. The van der Waals surface area contributed by atoms with Crippen LogP contribution in [0.5, 0.6) is 0 Å². The molecule has 0 N–H and O–H groups in total. The molecular formula is C19H23N3O2. The molecule has 2 rings (SSSR count). The number of nitriles is 2. The average Bonchev–Trinajstić information content (AvgIpc) is 3.10. The van der Waals surface area contributed by atoms with Crippen molar-refractivity contribution >= 4 is 11.8 Å². The van der Waals surface area contributed by atoms with E-state index in [-0.39, 0.29) is 11.7 Å². The number of hydrogen-bond acceptors (Lipinski definition) is 5. The van der Waals surface area contributed by atoms with Crippen LogP contribution in [-0.2, 0) is 9.47 Å². The van der Waals surface area contributed by atoms with Gasteiger partial charge in [-0.15, -0.1) is 0 Å². The minimum atomic E-state index is 0.112. The number of rotatable bonds is 7. The Kier molecular flexibility index (Phi) is 6.81. The number of allylic oxidation sites excluding steroid dienone is 1. The number of ether oxygens (including phenoxy) is 2. The molecule has 1 heterocycles. The summed E-state index contributed by atoms with van der Waals surface area (Å²) >= 11 is 0. The van der Waals surface area contributed by atoms with Gasteiger partial charge in [-0.05, 0) is 49.1 Å². The lowest BCUT2D eigenvalue weighted by atomic mass is 10.0. The zero-order valence-corrected chi connectivity index (χ0v) is 14.3. The molecule has 0 bridgehead atoms. The van der Waals surface area contributed by atoms with E-state index in [4.69, 9.17) is 20.0 Å². The van der Waals surface area contributed by atoms with Gasteiger partial charge in [-0.2, -0.15) is 10.5 Å². The van der Waals surface area contributed by atoms with Crippen molar-refractivity contribution in [1.82, 2.24) is 0 Å². The number of methoxy groups -OCH3 is 1. The zero-order chi connectivity index (χ0) is 17.4. The Morgan fingerprint density at radius 3 is 2.79 bits per heavy atom. The normalized spacial score (nSPS) is 16.2. The Balaban J connectivity index is 2.20. The molecule has 0 saturated carbocycles. The van der Waals surface area contributed by atoms with E-state index in [0.29, 0.717) is 6.61 Å². The van der Waals surface area contributed by atoms with Crippen LogP contribution in [-0.4, -0.2) is 39.5 Å². The monoisotopic (exact) mass is 325 g/mol. The highest BCUT2D eigenvalue weighted by molar-refractivity contribution is 5.66. The molecule has 1 aromatic carbocycles. The van der Waals surface area contributed by atoms with Gasteiger partial charge in [-0.1, -0.05) is 6.07 Å². The molecule has 0 aliphatic carbocycles. The van der Waals surface area contributed by atoms with E-state index in [2.05, 4.69) is 11.0 Å². The van der Waals surface area contributed by atoms with Crippen LogP contribution < -0.4 is 4.90 Å². The van der Waals surface area contributed by atoms with Gasteiger partial charge in [-0.25, -0.2) is 0 Å². The first-order valence-corrected chi connectivity index (χ1v) is 8.16. The molecule has 24 heavy (non-hydrogen) atoms. The summed E-state index contributed by atoms with van der Waals surface area (Å²) in [6.07, 6.45) is 4.11. The Morgan fingerprint density at radius 2 is 2.21 bits per heavy atom. The van der Waals surface area contributed by atoms with Gasteiger partial charge in [0, 0.05) is 32.5 Å². The topological polar surface area (TPSA) is 69.3 Å². The maximum atomic E-state index is 8.90. The van der Waals surface area contributed by atoms with Gasteiger partial charge in [0.15, 0.2) is 0 Å². The summed E-state index contributed by atoms with van der Waals surface area (Å²) in [5.74, 6) is 0. The van der Waals surface area contributed by atoms with E-state index in [1.54, 1.807) is 13.2 Å². The molecule has 1 aromatic rings. The van der Waals surface area contributed by atoms with Crippen LogP contribution in [0, 0.1) is 29.6 Å². The van der Waals surface area contributed by atoms with Gasteiger partial charge in [0.25, 0.3) is 0 Å². The zero-order valence-electron chi connectivity index (χ0n) is 14.3. The van der Waals surface area contributed by atoms with E-state index < -0.39 is 0 Å². The second-order valence-electron chi connectivity index (χ2n) is 5.90. The van der Waals surface area contributed by atoms with Gasteiger partial charge in [0.05, 0.1) is 12.7 Å². The summed E-state index contributed by atoms with van der Waals surface area (Å²) < 4.78 is 11.0. The Bertz CT molecular complexity index is 648. The van der Waals surface area contributed by atoms with Gasteiger partial charge in [0.1, 0.15) is 17.7 Å². The number of hydrogen-bond donors (Lipinski definition) is 0. The van der Waals surface area contributed by atoms with Crippen molar-refractivity contribution in [3.8, 4) is 12.1 Å². The predicted molar refractivity (Wildman–Crippen MR) is 93.4 cm³/mol. The van der Waals surface area contributed by atoms with Crippen LogP contribution in [0.1, 0.15) is 24.0 Å². The fraction of sp³-hybridized carbons (Fsp3) is 0.474. The summed E-state index contributed by atoms with van der Waals surface area (Å²) in [5, 5.41) is 17.8. The molecular weight excluding hydrogens is 302 g/mol. The Morgan fingerprint density at radius 1 is 1.42 bits per heavy atom. The quantitative estimate of drug-likeness (QED) is 0.721. The maximum Gasteiger partial charge on any atom is 0.130 e. The second-order valence-corrected chi connectivity index (χ2v) is 5.90. The molecule has 1 atom stereocenters. The third-order valence-corrected chi connectivity index (χ3v) is 4.17.